The summed E-state index contributed by atoms with van der Waals surface area (Å²) in [5, 5.41) is 38.5. The van der Waals surface area contributed by atoms with Gasteiger partial charge in [0.15, 0.2) is 11.5 Å². The molecule has 0 saturated carbocycles. The van der Waals surface area contributed by atoms with E-state index in [9.17, 15) is 25.4 Å². The smallest absolute Gasteiger partial charge is 0.336 e. The minimum atomic E-state index is -1.29. The van der Waals surface area contributed by atoms with Gasteiger partial charge in [0, 0.05) is 18.2 Å². The van der Waals surface area contributed by atoms with Gasteiger partial charge in [0.25, 0.3) is 0 Å². The number of benzene rings is 3. The van der Waals surface area contributed by atoms with E-state index in [0.29, 0.717) is 17.9 Å². The zero-order chi connectivity index (χ0) is 24.2. The largest absolute Gasteiger partial charge is 0.504 e. The second-order valence-corrected chi connectivity index (χ2v) is 7.42. The van der Waals surface area contributed by atoms with Crippen LogP contribution in [0.2, 0.25) is 0 Å². The summed E-state index contributed by atoms with van der Waals surface area (Å²) in [5.41, 5.74) is 8.81. The molecule has 0 unspecified atom stereocenters. The first kappa shape index (κ1) is 22.3. The molecule has 0 amide bonds. The highest BCUT2D eigenvalue weighted by atomic mass is 16.5. The lowest BCUT2D eigenvalue weighted by atomic mass is 10.0. The first-order chi connectivity index (χ1) is 16.4. The lowest BCUT2D eigenvalue weighted by molar-refractivity contribution is 0.0697. The Morgan fingerprint density at radius 2 is 1.74 bits per heavy atom. The fraction of sp³-hybridized carbons (Fsp3) is 0.0385. The van der Waals surface area contributed by atoms with Crippen LogP contribution >= 0.6 is 0 Å². The van der Waals surface area contributed by atoms with Gasteiger partial charge in [-0.15, -0.1) is 0 Å². The van der Waals surface area contributed by atoms with Crippen molar-refractivity contribution in [2.75, 3.05) is 0 Å². The Kier molecular flexibility index (Phi) is 6.12. The fourth-order valence-electron chi connectivity index (χ4n) is 3.48. The highest BCUT2D eigenvalue weighted by molar-refractivity contribution is 5.96. The predicted octanol–water partition coefficient (Wildman–Crippen LogP) is 4.65. The number of pyridine rings is 1. The molecule has 0 aliphatic heterocycles. The number of ether oxygens (including phenoxy) is 1. The summed E-state index contributed by atoms with van der Waals surface area (Å²) in [6.45, 7) is 0.386. The molecule has 0 radical (unpaired) electrons. The molecule has 3 aromatic carbocycles. The van der Waals surface area contributed by atoms with Gasteiger partial charge in [-0.25, -0.2) is 9.78 Å². The van der Waals surface area contributed by atoms with Crippen LogP contribution < -0.4 is 10.5 Å². The number of aromatic hydroxyl groups is 2. The Bertz CT molecular complexity index is 1440. The second kappa shape index (κ2) is 9.32. The number of nitrogens with two attached hydrogens (primary N) is 1. The molecule has 0 saturated heterocycles. The van der Waals surface area contributed by atoms with Gasteiger partial charge in [0.1, 0.15) is 5.75 Å². The molecular formula is C26H19N3O5. The summed E-state index contributed by atoms with van der Waals surface area (Å²) >= 11 is 0. The van der Waals surface area contributed by atoms with Gasteiger partial charge in [0.05, 0.1) is 22.9 Å². The predicted molar refractivity (Wildman–Crippen MR) is 125 cm³/mol. The van der Waals surface area contributed by atoms with Crippen molar-refractivity contribution in [3.8, 4) is 51.6 Å². The van der Waals surface area contributed by atoms with Crippen LogP contribution in [-0.4, -0.2) is 26.3 Å². The van der Waals surface area contributed by atoms with E-state index in [2.05, 4.69) is 11.1 Å². The Hall–Kier alpha value is -4.87. The number of hydrogen-bond acceptors (Lipinski definition) is 7. The molecule has 5 N–H and O–H groups in total. The molecule has 4 rings (SSSR count). The van der Waals surface area contributed by atoms with Crippen LogP contribution in [0.1, 0.15) is 21.5 Å². The number of phenolic OH excluding ortho intramolecular Hbond substituents is 2. The van der Waals surface area contributed by atoms with Crippen LogP contribution in [0, 0.1) is 11.3 Å². The van der Waals surface area contributed by atoms with E-state index >= 15 is 0 Å². The molecule has 168 valence electrons. The van der Waals surface area contributed by atoms with Crippen molar-refractivity contribution in [2.45, 2.75) is 6.54 Å². The van der Waals surface area contributed by atoms with Crippen LogP contribution in [0.4, 0.5) is 0 Å². The van der Waals surface area contributed by atoms with Crippen LogP contribution in [0.5, 0.6) is 23.1 Å². The van der Waals surface area contributed by atoms with E-state index < -0.39 is 17.5 Å². The quantitative estimate of drug-likeness (QED) is 0.308. The molecule has 0 atom stereocenters. The molecule has 1 heterocycles. The summed E-state index contributed by atoms with van der Waals surface area (Å²) in [7, 11) is 0. The maximum atomic E-state index is 11.6. The highest BCUT2D eigenvalue weighted by Crippen LogP contribution is 2.35. The average molecular weight is 453 g/mol. The molecule has 0 aliphatic rings. The molecule has 34 heavy (non-hydrogen) atoms. The van der Waals surface area contributed by atoms with Crippen molar-refractivity contribution in [2.24, 2.45) is 5.73 Å². The highest BCUT2D eigenvalue weighted by Gasteiger charge is 2.17. The number of phenols is 2. The molecule has 0 fully saturated rings. The number of nitrogens with zero attached hydrogens (tertiary/aromatic N) is 2. The normalized spacial score (nSPS) is 10.5. The number of carboxylic acid groups (broad SMARTS) is 1. The van der Waals surface area contributed by atoms with Crippen molar-refractivity contribution in [1.29, 1.82) is 5.26 Å². The molecule has 8 nitrogen and oxygen atoms in total. The summed E-state index contributed by atoms with van der Waals surface area (Å²) in [6.07, 6.45) is 0. The van der Waals surface area contributed by atoms with E-state index in [1.54, 1.807) is 36.4 Å². The Labute approximate surface area is 194 Å². The van der Waals surface area contributed by atoms with E-state index in [1.807, 2.05) is 24.3 Å². The van der Waals surface area contributed by atoms with Gasteiger partial charge < -0.3 is 25.8 Å². The van der Waals surface area contributed by atoms with E-state index in [-0.39, 0.29) is 22.7 Å². The van der Waals surface area contributed by atoms with E-state index in [4.69, 9.17) is 10.5 Å². The van der Waals surface area contributed by atoms with Crippen molar-refractivity contribution in [3.63, 3.8) is 0 Å². The topological polar surface area (TPSA) is 150 Å². The zero-order valence-corrected chi connectivity index (χ0v) is 17.8. The Morgan fingerprint density at radius 1 is 0.971 bits per heavy atom. The van der Waals surface area contributed by atoms with Crippen molar-refractivity contribution < 1.29 is 24.9 Å². The van der Waals surface area contributed by atoms with Crippen LogP contribution in [0.25, 0.3) is 22.4 Å². The van der Waals surface area contributed by atoms with Gasteiger partial charge in [0.2, 0.25) is 5.88 Å². The zero-order valence-electron chi connectivity index (χ0n) is 17.8. The van der Waals surface area contributed by atoms with Crippen molar-refractivity contribution in [1.82, 2.24) is 4.98 Å². The molecule has 8 heteroatoms. The second-order valence-electron chi connectivity index (χ2n) is 7.42. The molecule has 0 spiro atoms. The monoisotopic (exact) mass is 453 g/mol. The summed E-state index contributed by atoms with van der Waals surface area (Å²) in [6, 6.07) is 21.7. The number of hydrogen-bond donors (Lipinski definition) is 4. The molecule has 4 aromatic rings. The SMILES string of the molecule is N#Cc1cc(Oc2cccc(-c3cc(O)c(O)cc3C(=O)O)n2)cc(-c2cccc(CN)c2)c1. The fourth-order valence-corrected chi connectivity index (χ4v) is 3.48. The van der Waals surface area contributed by atoms with Crippen molar-refractivity contribution >= 4 is 5.97 Å². The first-order valence-electron chi connectivity index (χ1n) is 10.2. The number of aromatic nitrogens is 1. The number of rotatable bonds is 6. The Balaban J connectivity index is 1.73. The van der Waals surface area contributed by atoms with Gasteiger partial charge in [-0.1, -0.05) is 24.3 Å². The van der Waals surface area contributed by atoms with E-state index in [0.717, 1.165) is 28.8 Å². The minimum absolute atomic E-state index is 0.110. The van der Waals surface area contributed by atoms with E-state index in [1.165, 1.54) is 0 Å². The van der Waals surface area contributed by atoms with Gasteiger partial charge in [-0.2, -0.15) is 5.26 Å². The number of carbonyl (C=O) groups is 1. The molecule has 0 bridgehead atoms. The van der Waals surface area contributed by atoms with Gasteiger partial charge >= 0.3 is 5.97 Å². The van der Waals surface area contributed by atoms with Crippen LogP contribution in [0.15, 0.2) is 72.8 Å². The third kappa shape index (κ3) is 4.65. The summed E-state index contributed by atoms with van der Waals surface area (Å²) < 4.78 is 5.91. The first-order valence-corrected chi connectivity index (χ1v) is 10.2. The Morgan fingerprint density at radius 3 is 2.47 bits per heavy atom. The lowest BCUT2D eigenvalue weighted by Crippen LogP contribution is -2.01. The van der Waals surface area contributed by atoms with Gasteiger partial charge in [-0.05, 0) is 59.2 Å². The standard InChI is InChI=1S/C26H19N3O5/c27-13-15-3-1-4-17(7-15)18-8-16(14-28)9-19(10-18)34-25-6-2-5-22(29-25)20-11-23(30)24(31)12-21(20)26(32)33/h1-12,30-31H,13,27H2,(H,32,33). The number of nitriles is 1. The lowest BCUT2D eigenvalue weighted by Gasteiger charge is -2.11. The third-order valence-electron chi connectivity index (χ3n) is 5.10. The molecular weight excluding hydrogens is 434 g/mol. The van der Waals surface area contributed by atoms with Gasteiger partial charge in [-0.3, -0.25) is 0 Å². The van der Waals surface area contributed by atoms with Crippen LogP contribution in [0.3, 0.4) is 0 Å². The van der Waals surface area contributed by atoms with Crippen molar-refractivity contribution in [3.05, 3.63) is 89.5 Å². The molecule has 1 aromatic heterocycles. The molecule has 0 aliphatic carbocycles. The minimum Gasteiger partial charge on any atom is -0.504 e. The summed E-state index contributed by atoms with van der Waals surface area (Å²) in [4.78, 5) is 16.0. The maximum absolute atomic E-state index is 11.6. The third-order valence-corrected chi connectivity index (χ3v) is 5.10. The number of carboxylic acids is 1. The average Bonchev–Trinajstić information content (AvgIpc) is 2.85. The van der Waals surface area contributed by atoms with Crippen LogP contribution in [-0.2, 0) is 6.54 Å². The maximum Gasteiger partial charge on any atom is 0.336 e. The number of aromatic carboxylic acids is 1. The summed E-state index contributed by atoms with van der Waals surface area (Å²) in [5.74, 6) is -1.79.